The maximum absolute atomic E-state index is 13.3. The minimum atomic E-state index is -0.0665. The lowest BCUT2D eigenvalue weighted by molar-refractivity contribution is -0.138. The predicted molar refractivity (Wildman–Crippen MR) is 134 cm³/mol. The summed E-state index contributed by atoms with van der Waals surface area (Å²) in [6.45, 7) is 3.97. The van der Waals surface area contributed by atoms with Crippen LogP contribution in [0.25, 0.3) is 11.1 Å². The second-order valence-electron chi connectivity index (χ2n) is 9.28. The fourth-order valence-corrected chi connectivity index (χ4v) is 4.90. The van der Waals surface area contributed by atoms with Crippen LogP contribution in [-0.4, -0.2) is 55.0 Å². The SMILES string of the molecule is COc1cc(-c2ccc(C)cc2)cc2c1OCCN(C(=O)CN1CC(c3ccccc3)CC1=O)C2. The van der Waals surface area contributed by atoms with Crippen molar-refractivity contribution < 1.29 is 19.1 Å². The molecule has 6 heteroatoms. The third kappa shape index (κ3) is 4.87. The van der Waals surface area contributed by atoms with Crippen molar-refractivity contribution in [2.45, 2.75) is 25.8 Å². The van der Waals surface area contributed by atoms with Crippen LogP contribution in [-0.2, 0) is 16.1 Å². The van der Waals surface area contributed by atoms with Gasteiger partial charge in [-0.1, -0.05) is 60.2 Å². The Morgan fingerprint density at radius 1 is 1.06 bits per heavy atom. The lowest BCUT2D eigenvalue weighted by atomic mass is 9.99. The van der Waals surface area contributed by atoms with E-state index in [0.29, 0.717) is 44.2 Å². The minimum absolute atomic E-state index is 0.0296. The molecule has 1 unspecified atom stereocenters. The van der Waals surface area contributed by atoms with Crippen molar-refractivity contribution in [3.63, 3.8) is 0 Å². The summed E-state index contributed by atoms with van der Waals surface area (Å²) in [5.74, 6) is 1.43. The number of carbonyl (C=O) groups excluding carboxylic acids is 2. The molecule has 0 bridgehead atoms. The Morgan fingerprint density at radius 3 is 2.57 bits per heavy atom. The molecule has 2 aliphatic heterocycles. The molecule has 0 saturated carbocycles. The number of benzene rings is 3. The van der Waals surface area contributed by atoms with Gasteiger partial charge < -0.3 is 19.3 Å². The zero-order valence-corrected chi connectivity index (χ0v) is 20.2. The molecule has 0 aromatic heterocycles. The third-order valence-electron chi connectivity index (χ3n) is 6.87. The van der Waals surface area contributed by atoms with Crippen molar-refractivity contribution >= 4 is 11.8 Å². The summed E-state index contributed by atoms with van der Waals surface area (Å²) in [5.41, 5.74) is 5.33. The molecule has 2 amide bonds. The maximum atomic E-state index is 13.3. The first-order valence-corrected chi connectivity index (χ1v) is 12.0. The highest BCUT2D eigenvalue weighted by Crippen LogP contribution is 2.38. The van der Waals surface area contributed by atoms with E-state index in [1.807, 2.05) is 36.4 Å². The van der Waals surface area contributed by atoms with Crippen molar-refractivity contribution in [1.82, 2.24) is 9.80 Å². The Bertz CT molecular complexity index is 1220. The van der Waals surface area contributed by atoms with Crippen molar-refractivity contribution in [3.05, 3.63) is 83.4 Å². The number of nitrogens with zero attached hydrogens (tertiary/aromatic N) is 2. The van der Waals surface area contributed by atoms with Crippen LogP contribution in [0.4, 0.5) is 0 Å². The smallest absolute Gasteiger partial charge is 0.242 e. The highest BCUT2D eigenvalue weighted by atomic mass is 16.5. The Labute approximate surface area is 206 Å². The van der Waals surface area contributed by atoms with Gasteiger partial charge in [0.25, 0.3) is 0 Å². The molecule has 5 rings (SSSR count). The van der Waals surface area contributed by atoms with Crippen LogP contribution in [0, 0.1) is 6.92 Å². The van der Waals surface area contributed by atoms with Gasteiger partial charge in [-0.2, -0.15) is 0 Å². The van der Waals surface area contributed by atoms with E-state index in [9.17, 15) is 9.59 Å². The second kappa shape index (κ2) is 9.82. The van der Waals surface area contributed by atoms with Gasteiger partial charge in [0, 0.05) is 31.0 Å². The molecule has 6 nitrogen and oxygen atoms in total. The number of aryl methyl sites for hydroxylation is 1. The first kappa shape index (κ1) is 23.0. The molecule has 3 aromatic carbocycles. The lowest BCUT2D eigenvalue weighted by Gasteiger charge is -2.24. The lowest BCUT2D eigenvalue weighted by Crippen LogP contribution is -2.41. The van der Waals surface area contributed by atoms with E-state index >= 15 is 0 Å². The molecule has 2 heterocycles. The Morgan fingerprint density at radius 2 is 1.83 bits per heavy atom. The van der Waals surface area contributed by atoms with E-state index in [-0.39, 0.29) is 24.3 Å². The average molecular weight is 471 g/mol. The van der Waals surface area contributed by atoms with E-state index in [1.54, 1.807) is 16.9 Å². The molecular weight excluding hydrogens is 440 g/mol. The quantitative estimate of drug-likeness (QED) is 0.554. The van der Waals surface area contributed by atoms with E-state index < -0.39 is 0 Å². The van der Waals surface area contributed by atoms with Gasteiger partial charge in [0.15, 0.2) is 11.5 Å². The van der Waals surface area contributed by atoms with Gasteiger partial charge in [0.2, 0.25) is 11.8 Å². The molecule has 0 aliphatic carbocycles. The summed E-state index contributed by atoms with van der Waals surface area (Å²) in [4.78, 5) is 29.4. The number of carbonyl (C=O) groups is 2. The standard InChI is InChI=1S/C29H30N2O4/c1-20-8-10-22(11-9-20)23-14-25-18-30(12-13-35-29(25)26(15-23)34-2)28(33)19-31-17-24(16-27(31)32)21-6-4-3-5-7-21/h3-11,14-15,24H,12-13,16-19H2,1-2H3. The molecule has 0 spiro atoms. The number of hydrogen-bond donors (Lipinski definition) is 0. The normalized spacial score (nSPS) is 17.5. The zero-order valence-electron chi connectivity index (χ0n) is 20.2. The summed E-state index contributed by atoms with van der Waals surface area (Å²) in [5, 5.41) is 0. The number of fused-ring (bicyclic) bond motifs is 1. The van der Waals surface area contributed by atoms with Crippen LogP contribution in [0.5, 0.6) is 11.5 Å². The Hall–Kier alpha value is -3.80. The first-order chi connectivity index (χ1) is 17.0. The van der Waals surface area contributed by atoms with Crippen molar-refractivity contribution in [2.75, 3.05) is 33.4 Å². The summed E-state index contributed by atoms with van der Waals surface area (Å²) in [7, 11) is 1.63. The van der Waals surface area contributed by atoms with Crippen molar-refractivity contribution in [3.8, 4) is 22.6 Å². The molecule has 0 radical (unpaired) electrons. The zero-order chi connectivity index (χ0) is 24.4. The van der Waals surface area contributed by atoms with E-state index in [4.69, 9.17) is 9.47 Å². The van der Waals surface area contributed by atoms with Gasteiger partial charge in [0.1, 0.15) is 6.61 Å². The maximum Gasteiger partial charge on any atom is 0.242 e. The Kier molecular flexibility index (Phi) is 6.45. The van der Waals surface area contributed by atoms with Crippen LogP contribution >= 0.6 is 0 Å². The molecule has 1 atom stereocenters. The van der Waals surface area contributed by atoms with Crippen LogP contribution in [0.2, 0.25) is 0 Å². The van der Waals surface area contributed by atoms with E-state index in [2.05, 4.69) is 37.3 Å². The minimum Gasteiger partial charge on any atom is -0.493 e. The summed E-state index contributed by atoms with van der Waals surface area (Å²) in [6.07, 6.45) is 0.445. The molecule has 35 heavy (non-hydrogen) atoms. The Balaban J connectivity index is 1.34. The fraction of sp³-hybridized carbons (Fsp3) is 0.310. The number of likely N-dealkylation sites (tertiary alicyclic amines) is 1. The predicted octanol–water partition coefficient (Wildman–Crippen LogP) is 4.41. The summed E-state index contributed by atoms with van der Waals surface area (Å²) < 4.78 is 11.7. The first-order valence-electron chi connectivity index (χ1n) is 12.0. The molecule has 180 valence electrons. The largest absolute Gasteiger partial charge is 0.493 e. The van der Waals surface area contributed by atoms with Gasteiger partial charge in [-0.15, -0.1) is 0 Å². The van der Waals surface area contributed by atoms with Crippen molar-refractivity contribution in [1.29, 1.82) is 0 Å². The van der Waals surface area contributed by atoms with Gasteiger partial charge in [-0.25, -0.2) is 0 Å². The van der Waals surface area contributed by atoms with Crippen molar-refractivity contribution in [2.24, 2.45) is 0 Å². The monoisotopic (exact) mass is 470 g/mol. The highest BCUT2D eigenvalue weighted by molar-refractivity contribution is 5.87. The molecule has 2 aliphatic rings. The number of ether oxygens (including phenoxy) is 2. The number of rotatable bonds is 5. The van der Waals surface area contributed by atoms with Gasteiger partial charge in [-0.3, -0.25) is 9.59 Å². The van der Waals surface area contributed by atoms with Gasteiger partial charge in [0.05, 0.1) is 20.2 Å². The van der Waals surface area contributed by atoms with E-state index in [1.165, 1.54) is 5.56 Å². The number of amides is 2. The van der Waals surface area contributed by atoms with Crippen LogP contribution in [0.15, 0.2) is 66.7 Å². The number of hydrogen-bond acceptors (Lipinski definition) is 4. The van der Waals surface area contributed by atoms with Gasteiger partial charge in [-0.05, 0) is 35.7 Å². The molecule has 1 saturated heterocycles. The molecule has 0 N–H and O–H groups in total. The van der Waals surface area contributed by atoms with Crippen LogP contribution in [0.1, 0.15) is 29.0 Å². The average Bonchev–Trinajstić information content (AvgIpc) is 3.10. The summed E-state index contributed by atoms with van der Waals surface area (Å²) >= 11 is 0. The molecule has 3 aromatic rings. The second-order valence-corrected chi connectivity index (χ2v) is 9.28. The van der Waals surface area contributed by atoms with Crippen LogP contribution in [0.3, 0.4) is 0 Å². The highest BCUT2D eigenvalue weighted by Gasteiger charge is 2.33. The van der Waals surface area contributed by atoms with Gasteiger partial charge >= 0.3 is 0 Å². The molecule has 1 fully saturated rings. The topological polar surface area (TPSA) is 59.1 Å². The summed E-state index contributed by atoms with van der Waals surface area (Å²) in [6, 6.07) is 22.4. The number of methoxy groups -OCH3 is 1. The van der Waals surface area contributed by atoms with E-state index in [0.717, 1.165) is 22.3 Å². The fourth-order valence-electron chi connectivity index (χ4n) is 4.90. The van der Waals surface area contributed by atoms with Crippen LogP contribution < -0.4 is 9.47 Å². The molecular formula is C29H30N2O4. The third-order valence-corrected chi connectivity index (χ3v) is 6.87.